The summed E-state index contributed by atoms with van der Waals surface area (Å²) in [7, 11) is 0. The Hall–Kier alpha value is -4.79. The van der Waals surface area contributed by atoms with Crippen molar-refractivity contribution in [2.45, 2.75) is 19.8 Å². The number of halogens is 1. The lowest BCUT2D eigenvalue weighted by molar-refractivity contribution is 0.262. The predicted molar refractivity (Wildman–Crippen MR) is 132 cm³/mol. The third-order valence-electron chi connectivity index (χ3n) is 5.70. The van der Waals surface area contributed by atoms with Crippen molar-refractivity contribution in [3.8, 4) is 11.5 Å². The average molecular weight is 484 g/mol. The Labute approximate surface area is 206 Å². The normalized spacial score (nSPS) is 11.0. The van der Waals surface area contributed by atoms with Crippen LogP contribution < -0.4 is 10.6 Å². The standard InChI is InChI=1S/C27H22FN5O3/c1-16-24(17(2)35-32-16)30-27(34)29-20-13-14-21(22(28)15-20)26-31-25(33-36-26)23(18-9-5-3-6-10-18)19-11-7-4-8-12-19/h3-15,23H,1-2H3,(H2,29,30,34). The van der Waals surface area contributed by atoms with Crippen molar-refractivity contribution in [3.05, 3.63) is 113 Å². The molecule has 0 atom stereocenters. The molecule has 0 aliphatic carbocycles. The van der Waals surface area contributed by atoms with Gasteiger partial charge in [0, 0.05) is 5.69 Å². The smallest absolute Gasteiger partial charge is 0.323 e. The van der Waals surface area contributed by atoms with Gasteiger partial charge in [-0.1, -0.05) is 71.0 Å². The minimum absolute atomic E-state index is 0.0473. The zero-order chi connectivity index (χ0) is 25.1. The van der Waals surface area contributed by atoms with Gasteiger partial charge in [0.05, 0.1) is 11.5 Å². The Bertz CT molecular complexity index is 1440. The first kappa shape index (κ1) is 23.0. The fourth-order valence-corrected chi connectivity index (χ4v) is 3.95. The predicted octanol–water partition coefficient (Wildman–Crippen LogP) is 6.30. The number of hydrogen-bond acceptors (Lipinski definition) is 6. The fourth-order valence-electron chi connectivity index (χ4n) is 3.95. The number of nitrogens with one attached hydrogen (secondary N) is 2. The first-order chi connectivity index (χ1) is 17.5. The van der Waals surface area contributed by atoms with Gasteiger partial charge >= 0.3 is 6.03 Å². The molecule has 0 saturated heterocycles. The maximum Gasteiger partial charge on any atom is 0.323 e. The third-order valence-corrected chi connectivity index (χ3v) is 5.70. The Morgan fingerprint density at radius 2 is 1.53 bits per heavy atom. The summed E-state index contributed by atoms with van der Waals surface area (Å²) in [5.74, 6) is 0.0489. The van der Waals surface area contributed by atoms with Crippen LogP contribution in [0.5, 0.6) is 0 Å². The van der Waals surface area contributed by atoms with Gasteiger partial charge in [-0.15, -0.1) is 0 Å². The quantitative estimate of drug-likeness (QED) is 0.293. The van der Waals surface area contributed by atoms with Gasteiger partial charge in [0.1, 0.15) is 17.2 Å². The van der Waals surface area contributed by atoms with Gasteiger partial charge in [0.2, 0.25) is 0 Å². The summed E-state index contributed by atoms with van der Waals surface area (Å²) < 4.78 is 25.5. The van der Waals surface area contributed by atoms with Crippen LogP contribution in [0.2, 0.25) is 0 Å². The molecule has 0 bridgehead atoms. The molecule has 2 N–H and O–H groups in total. The fraction of sp³-hybridized carbons (Fsp3) is 0.111. The molecule has 2 heterocycles. The first-order valence-corrected chi connectivity index (χ1v) is 11.2. The molecule has 2 amide bonds. The molecule has 0 radical (unpaired) electrons. The van der Waals surface area contributed by atoms with Crippen molar-refractivity contribution >= 4 is 17.4 Å². The van der Waals surface area contributed by atoms with E-state index in [1.807, 2.05) is 60.7 Å². The minimum atomic E-state index is -0.615. The SMILES string of the molecule is Cc1noc(C)c1NC(=O)Nc1ccc(-c2nc(C(c3ccccc3)c3ccccc3)no2)c(F)c1. The summed E-state index contributed by atoms with van der Waals surface area (Å²) >= 11 is 0. The van der Waals surface area contributed by atoms with Crippen molar-refractivity contribution < 1.29 is 18.2 Å². The van der Waals surface area contributed by atoms with Crippen LogP contribution in [0.4, 0.5) is 20.6 Å². The number of aromatic nitrogens is 3. The van der Waals surface area contributed by atoms with E-state index in [1.165, 1.54) is 12.1 Å². The Morgan fingerprint density at radius 1 is 0.861 bits per heavy atom. The molecule has 36 heavy (non-hydrogen) atoms. The summed E-state index contributed by atoms with van der Waals surface area (Å²) in [4.78, 5) is 16.9. The zero-order valence-corrected chi connectivity index (χ0v) is 19.5. The summed E-state index contributed by atoms with van der Waals surface area (Å²) in [5, 5.41) is 13.2. The monoisotopic (exact) mass is 483 g/mol. The van der Waals surface area contributed by atoms with Gasteiger partial charge in [-0.05, 0) is 43.2 Å². The van der Waals surface area contributed by atoms with E-state index < -0.39 is 11.8 Å². The Morgan fingerprint density at radius 3 is 2.11 bits per heavy atom. The molecule has 0 unspecified atom stereocenters. The molecule has 0 spiro atoms. The van der Waals surface area contributed by atoms with Crippen LogP contribution >= 0.6 is 0 Å². The maximum absolute atomic E-state index is 15.0. The molecule has 0 aliphatic heterocycles. The zero-order valence-electron chi connectivity index (χ0n) is 19.5. The van der Waals surface area contributed by atoms with Gasteiger partial charge in [-0.2, -0.15) is 4.98 Å². The molecular formula is C27H22FN5O3. The molecule has 3 aromatic carbocycles. The second-order valence-corrected chi connectivity index (χ2v) is 8.19. The van der Waals surface area contributed by atoms with Gasteiger partial charge < -0.3 is 19.7 Å². The molecule has 8 nitrogen and oxygen atoms in total. The van der Waals surface area contributed by atoms with Crippen LogP contribution in [0.25, 0.3) is 11.5 Å². The van der Waals surface area contributed by atoms with E-state index in [4.69, 9.17) is 9.05 Å². The Balaban J connectivity index is 1.38. The van der Waals surface area contributed by atoms with Crippen molar-refractivity contribution in [2.24, 2.45) is 0 Å². The summed E-state index contributed by atoms with van der Waals surface area (Å²) in [6, 6.07) is 23.3. The number of rotatable bonds is 6. The lowest BCUT2D eigenvalue weighted by Crippen LogP contribution is -2.20. The molecule has 5 aromatic rings. The van der Waals surface area contributed by atoms with Gasteiger partial charge in [-0.25, -0.2) is 9.18 Å². The third kappa shape index (κ3) is 4.72. The largest absolute Gasteiger partial charge is 0.359 e. The number of carbonyl (C=O) groups is 1. The highest BCUT2D eigenvalue weighted by Gasteiger charge is 2.24. The van der Waals surface area contributed by atoms with E-state index in [1.54, 1.807) is 19.9 Å². The van der Waals surface area contributed by atoms with Gasteiger partial charge in [0.15, 0.2) is 11.6 Å². The molecular weight excluding hydrogens is 461 g/mol. The number of benzene rings is 3. The van der Waals surface area contributed by atoms with E-state index in [0.717, 1.165) is 11.1 Å². The topological polar surface area (TPSA) is 106 Å². The molecule has 5 rings (SSSR count). The van der Waals surface area contributed by atoms with Crippen molar-refractivity contribution in [2.75, 3.05) is 10.6 Å². The molecule has 0 saturated carbocycles. The first-order valence-electron chi connectivity index (χ1n) is 11.2. The second-order valence-electron chi connectivity index (χ2n) is 8.19. The minimum Gasteiger partial charge on any atom is -0.359 e. The molecule has 0 aliphatic rings. The lowest BCUT2D eigenvalue weighted by atomic mass is 9.91. The van der Waals surface area contributed by atoms with Crippen LogP contribution in [-0.4, -0.2) is 21.3 Å². The molecule has 180 valence electrons. The van der Waals surface area contributed by atoms with Crippen LogP contribution in [0.3, 0.4) is 0 Å². The number of hydrogen-bond donors (Lipinski definition) is 2. The van der Waals surface area contributed by atoms with Crippen LogP contribution in [0, 0.1) is 19.7 Å². The lowest BCUT2D eigenvalue weighted by Gasteiger charge is -2.14. The summed E-state index contributed by atoms with van der Waals surface area (Å²) in [6.45, 7) is 3.39. The summed E-state index contributed by atoms with van der Waals surface area (Å²) in [6.07, 6.45) is 0. The van der Waals surface area contributed by atoms with Crippen LogP contribution in [-0.2, 0) is 0 Å². The van der Waals surface area contributed by atoms with Crippen molar-refractivity contribution in [1.29, 1.82) is 0 Å². The molecule has 0 fully saturated rings. The van der Waals surface area contributed by atoms with Crippen molar-refractivity contribution in [3.63, 3.8) is 0 Å². The highest BCUT2D eigenvalue weighted by molar-refractivity contribution is 6.00. The number of carbonyl (C=O) groups excluding carboxylic acids is 1. The van der Waals surface area contributed by atoms with Crippen LogP contribution in [0.15, 0.2) is 87.9 Å². The number of aryl methyl sites for hydroxylation is 2. The maximum atomic E-state index is 15.0. The van der Waals surface area contributed by atoms with E-state index in [-0.39, 0.29) is 23.1 Å². The number of anilines is 2. The summed E-state index contributed by atoms with van der Waals surface area (Å²) in [5.41, 5.74) is 3.37. The number of amides is 2. The van der Waals surface area contributed by atoms with E-state index in [9.17, 15) is 4.79 Å². The van der Waals surface area contributed by atoms with Crippen molar-refractivity contribution in [1.82, 2.24) is 15.3 Å². The molecule has 2 aromatic heterocycles. The second kappa shape index (κ2) is 9.83. The van der Waals surface area contributed by atoms with E-state index in [0.29, 0.717) is 23.0 Å². The average Bonchev–Trinajstić information content (AvgIpc) is 3.48. The number of urea groups is 1. The number of nitrogens with zero attached hydrogens (tertiary/aromatic N) is 3. The Kier molecular flexibility index (Phi) is 6.27. The molecule has 9 heteroatoms. The van der Waals surface area contributed by atoms with Gasteiger partial charge in [0.25, 0.3) is 5.89 Å². The van der Waals surface area contributed by atoms with Crippen LogP contribution in [0.1, 0.15) is 34.3 Å². The highest BCUT2D eigenvalue weighted by Crippen LogP contribution is 2.32. The highest BCUT2D eigenvalue weighted by atomic mass is 19.1. The van der Waals surface area contributed by atoms with Gasteiger partial charge in [-0.3, -0.25) is 0 Å². The van der Waals surface area contributed by atoms with E-state index >= 15 is 4.39 Å². The van der Waals surface area contributed by atoms with E-state index in [2.05, 4.69) is 25.9 Å².